The smallest absolute Gasteiger partial charge is 0.407 e. The fourth-order valence-electron chi connectivity index (χ4n) is 1.95. The van der Waals surface area contributed by atoms with Gasteiger partial charge in [0.1, 0.15) is 11.4 Å². The average molecular weight is 492 g/mol. The Morgan fingerprint density at radius 3 is 2.48 bits per heavy atom. The summed E-state index contributed by atoms with van der Waals surface area (Å²) < 4.78 is 10.5. The van der Waals surface area contributed by atoms with E-state index in [9.17, 15) is 4.79 Å². The van der Waals surface area contributed by atoms with Gasteiger partial charge in [-0.15, -0.1) is 24.0 Å². The molecule has 8 heteroatoms. The van der Waals surface area contributed by atoms with Crippen LogP contribution < -0.4 is 16.0 Å². The number of amides is 1. The van der Waals surface area contributed by atoms with Gasteiger partial charge in [-0.25, -0.2) is 9.79 Å². The van der Waals surface area contributed by atoms with Crippen LogP contribution in [-0.4, -0.2) is 43.8 Å². The molecule has 0 unspecified atom stereocenters. The third-order valence-electron chi connectivity index (χ3n) is 3.07. The van der Waals surface area contributed by atoms with Gasteiger partial charge in [0, 0.05) is 26.1 Å². The number of halogens is 1. The van der Waals surface area contributed by atoms with E-state index >= 15 is 0 Å². The second-order valence-corrected chi connectivity index (χ2v) is 7.09. The maximum Gasteiger partial charge on any atom is 0.407 e. The van der Waals surface area contributed by atoms with Crippen molar-refractivity contribution in [3.8, 4) is 0 Å². The molecular formula is C19H33IN4O3. The minimum Gasteiger partial charge on any atom is -0.469 e. The van der Waals surface area contributed by atoms with Gasteiger partial charge in [0.05, 0.1) is 12.8 Å². The molecule has 0 aromatic carbocycles. The van der Waals surface area contributed by atoms with Gasteiger partial charge in [0.2, 0.25) is 0 Å². The predicted molar refractivity (Wildman–Crippen MR) is 120 cm³/mol. The minimum atomic E-state index is -0.484. The molecule has 0 aliphatic rings. The molecule has 0 aliphatic heterocycles. The summed E-state index contributed by atoms with van der Waals surface area (Å²) in [6.07, 6.45) is 2.80. The van der Waals surface area contributed by atoms with Crippen LogP contribution in [0.5, 0.6) is 0 Å². The Morgan fingerprint density at radius 2 is 1.89 bits per heavy atom. The second-order valence-electron chi connectivity index (χ2n) is 7.09. The van der Waals surface area contributed by atoms with Crippen LogP contribution in [0, 0.1) is 0 Å². The van der Waals surface area contributed by atoms with Crippen LogP contribution in [0.15, 0.2) is 40.0 Å². The molecule has 7 nitrogen and oxygen atoms in total. The van der Waals surface area contributed by atoms with Crippen LogP contribution in [-0.2, 0) is 11.2 Å². The molecule has 1 aromatic rings. The largest absolute Gasteiger partial charge is 0.469 e. The van der Waals surface area contributed by atoms with Crippen molar-refractivity contribution in [1.82, 2.24) is 16.0 Å². The van der Waals surface area contributed by atoms with Crippen molar-refractivity contribution in [3.63, 3.8) is 0 Å². The van der Waals surface area contributed by atoms with Gasteiger partial charge in [-0.05, 0) is 46.2 Å². The molecule has 0 fully saturated rings. The number of hydrogen-bond acceptors (Lipinski definition) is 4. The summed E-state index contributed by atoms with van der Waals surface area (Å²) in [7, 11) is 0. The van der Waals surface area contributed by atoms with Crippen molar-refractivity contribution in [2.75, 3.05) is 26.2 Å². The van der Waals surface area contributed by atoms with E-state index in [0.717, 1.165) is 30.1 Å². The van der Waals surface area contributed by atoms with Gasteiger partial charge in [0.15, 0.2) is 5.96 Å². The van der Waals surface area contributed by atoms with E-state index in [-0.39, 0.29) is 24.0 Å². The minimum absolute atomic E-state index is 0. The molecule has 1 rings (SSSR count). The van der Waals surface area contributed by atoms with Gasteiger partial charge < -0.3 is 25.1 Å². The summed E-state index contributed by atoms with van der Waals surface area (Å²) in [5.41, 5.74) is 0.506. The standard InChI is InChI=1S/C19H32N4O3.HI/c1-15(2)14-23-17(21-12-9-16-8-6-13-25-16)20-10-7-11-22-18(24)26-19(3,4)5;/h6,8,13H,1,7,9-12,14H2,2-5H3,(H,22,24)(H2,20,21,23);1H. The molecule has 0 saturated carbocycles. The van der Waals surface area contributed by atoms with Crippen molar-refractivity contribution in [2.45, 2.75) is 46.1 Å². The summed E-state index contributed by atoms with van der Waals surface area (Å²) >= 11 is 0. The maximum atomic E-state index is 11.6. The van der Waals surface area contributed by atoms with E-state index < -0.39 is 11.7 Å². The van der Waals surface area contributed by atoms with Gasteiger partial charge in [0.25, 0.3) is 0 Å². The summed E-state index contributed by atoms with van der Waals surface area (Å²) in [5.74, 6) is 1.65. The first-order valence-corrected chi connectivity index (χ1v) is 8.92. The lowest BCUT2D eigenvalue weighted by atomic mass is 10.2. The van der Waals surface area contributed by atoms with Gasteiger partial charge in [-0.2, -0.15) is 0 Å². The van der Waals surface area contributed by atoms with Crippen LogP contribution in [0.4, 0.5) is 4.79 Å². The van der Waals surface area contributed by atoms with Crippen molar-refractivity contribution in [3.05, 3.63) is 36.3 Å². The molecule has 0 spiro atoms. The summed E-state index contributed by atoms with van der Waals surface area (Å²) in [4.78, 5) is 16.1. The fraction of sp³-hybridized carbons (Fsp3) is 0.579. The number of nitrogens with one attached hydrogen (secondary N) is 3. The Balaban J connectivity index is 0.00000676. The highest BCUT2D eigenvalue weighted by Crippen LogP contribution is 2.06. The highest BCUT2D eigenvalue weighted by Gasteiger charge is 2.15. The van der Waals surface area contributed by atoms with E-state index in [0.29, 0.717) is 26.2 Å². The molecule has 154 valence electrons. The molecular weight excluding hydrogens is 459 g/mol. The zero-order valence-electron chi connectivity index (χ0n) is 16.8. The fourth-order valence-corrected chi connectivity index (χ4v) is 1.95. The Labute approximate surface area is 179 Å². The Bertz CT molecular complexity index is 580. The predicted octanol–water partition coefficient (Wildman–Crippen LogP) is 3.47. The van der Waals surface area contributed by atoms with E-state index in [4.69, 9.17) is 9.15 Å². The van der Waals surface area contributed by atoms with E-state index in [1.807, 2.05) is 39.8 Å². The molecule has 1 heterocycles. The van der Waals surface area contributed by atoms with E-state index in [2.05, 4.69) is 27.5 Å². The number of ether oxygens (including phenoxy) is 1. The highest BCUT2D eigenvalue weighted by molar-refractivity contribution is 14.0. The van der Waals surface area contributed by atoms with Crippen LogP contribution in [0.1, 0.15) is 39.9 Å². The zero-order chi connectivity index (χ0) is 19.4. The zero-order valence-corrected chi connectivity index (χ0v) is 19.1. The molecule has 0 aliphatic carbocycles. The molecule has 1 amide bonds. The summed E-state index contributed by atoms with van der Waals surface area (Å²) in [5, 5.41) is 9.26. The van der Waals surface area contributed by atoms with Crippen LogP contribution >= 0.6 is 24.0 Å². The van der Waals surface area contributed by atoms with Gasteiger partial charge in [-0.1, -0.05) is 12.2 Å². The lowest BCUT2D eigenvalue weighted by Gasteiger charge is -2.19. The number of aliphatic imine (C=N–C) groups is 1. The van der Waals surface area contributed by atoms with E-state index in [1.165, 1.54) is 0 Å². The molecule has 27 heavy (non-hydrogen) atoms. The highest BCUT2D eigenvalue weighted by atomic mass is 127. The number of carbonyl (C=O) groups is 1. The summed E-state index contributed by atoms with van der Waals surface area (Å²) in [6, 6.07) is 3.82. The lowest BCUT2D eigenvalue weighted by Crippen LogP contribution is -2.40. The topological polar surface area (TPSA) is 87.9 Å². The number of hydrogen-bond donors (Lipinski definition) is 3. The van der Waals surface area contributed by atoms with Crippen molar-refractivity contribution in [2.24, 2.45) is 4.99 Å². The molecule has 0 atom stereocenters. The van der Waals surface area contributed by atoms with Gasteiger partial charge in [-0.3, -0.25) is 0 Å². The quantitative estimate of drug-likeness (QED) is 0.162. The third-order valence-corrected chi connectivity index (χ3v) is 3.07. The van der Waals surface area contributed by atoms with Crippen molar-refractivity contribution < 1.29 is 13.9 Å². The summed E-state index contributed by atoms with van der Waals surface area (Å²) in [6.45, 7) is 13.8. The van der Waals surface area contributed by atoms with Crippen LogP contribution in [0.3, 0.4) is 0 Å². The van der Waals surface area contributed by atoms with Crippen molar-refractivity contribution in [1.29, 1.82) is 0 Å². The first-order chi connectivity index (χ1) is 12.3. The normalized spacial score (nSPS) is 11.3. The van der Waals surface area contributed by atoms with Crippen LogP contribution in [0.25, 0.3) is 0 Å². The monoisotopic (exact) mass is 492 g/mol. The molecule has 0 radical (unpaired) electrons. The number of alkyl carbamates (subject to hydrolysis) is 1. The van der Waals surface area contributed by atoms with E-state index in [1.54, 1.807) is 6.26 Å². The van der Waals surface area contributed by atoms with Crippen molar-refractivity contribution >= 4 is 36.0 Å². The Hall–Kier alpha value is -1.71. The second kappa shape index (κ2) is 13.5. The lowest BCUT2D eigenvalue weighted by molar-refractivity contribution is 0.0527. The first kappa shape index (κ1) is 25.3. The maximum absolute atomic E-state index is 11.6. The number of furan rings is 1. The molecule has 0 saturated heterocycles. The first-order valence-electron chi connectivity index (χ1n) is 8.92. The average Bonchev–Trinajstić information content (AvgIpc) is 3.03. The Kier molecular flexibility index (Phi) is 12.6. The molecule has 3 N–H and O–H groups in total. The number of carbonyl (C=O) groups excluding carboxylic acids is 1. The number of nitrogens with zero attached hydrogens (tertiary/aromatic N) is 1. The SMILES string of the molecule is C=C(C)CN=C(NCCCNC(=O)OC(C)(C)C)NCCc1ccco1.I. The number of guanidine groups is 1. The number of rotatable bonds is 9. The molecule has 1 aromatic heterocycles. The van der Waals surface area contributed by atoms with Crippen LogP contribution in [0.2, 0.25) is 0 Å². The third kappa shape index (κ3) is 14.1. The Morgan fingerprint density at radius 1 is 1.22 bits per heavy atom. The molecule has 0 bridgehead atoms. The van der Waals surface area contributed by atoms with Gasteiger partial charge >= 0.3 is 6.09 Å².